The summed E-state index contributed by atoms with van der Waals surface area (Å²) in [4.78, 5) is 38.0. The molecule has 0 aromatic heterocycles. The summed E-state index contributed by atoms with van der Waals surface area (Å²) in [5, 5.41) is 0. The van der Waals surface area contributed by atoms with Crippen molar-refractivity contribution in [1.82, 2.24) is 0 Å². The van der Waals surface area contributed by atoms with E-state index in [-0.39, 0.29) is 41.8 Å². The molecule has 190 valence electrons. The third-order valence-electron chi connectivity index (χ3n) is 7.79. The van der Waals surface area contributed by atoms with Crippen molar-refractivity contribution in [2.45, 2.75) is 97.2 Å². The molecule has 6 heteroatoms. The van der Waals surface area contributed by atoms with Crippen LogP contribution in [-0.4, -0.2) is 37.0 Å². The van der Waals surface area contributed by atoms with Gasteiger partial charge in [0.2, 0.25) is 0 Å². The second-order valence-electron chi connectivity index (χ2n) is 10.1. The van der Waals surface area contributed by atoms with Crippen molar-refractivity contribution >= 4 is 23.3 Å². The van der Waals surface area contributed by atoms with Gasteiger partial charge in [-0.1, -0.05) is 44.4 Å². The number of fused-ring (bicyclic) bond motifs is 5. The molecule has 1 unspecified atom stereocenters. The number of esters is 2. The second-order valence-corrected chi connectivity index (χ2v) is 10.1. The molecule has 35 heavy (non-hydrogen) atoms. The van der Waals surface area contributed by atoms with Gasteiger partial charge in [0.25, 0.3) is 0 Å². The number of hydrogen-bond donors (Lipinski definition) is 0. The van der Waals surface area contributed by atoms with Crippen LogP contribution in [0.25, 0.3) is 5.57 Å². The SMILES string of the molecule is CCc1cc(C)cc(CC)c1C1=C(OC(=O)CCCCCCC(=O)OC)[C@@H]2[C@H]3CCC(O3)[C@@H]2C1=O. The molecule has 2 saturated heterocycles. The molecule has 2 heterocycles. The predicted octanol–water partition coefficient (Wildman–Crippen LogP) is 5.26. The van der Waals surface area contributed by atoms with Crippen LogP contribution in [0.5, 0.6) is 0 Å². The average molecular weight is 483 g/mol. The minimum atomic E-state index is -0.287. The van der Waals surface area contributed by atoms with Gasteiger partial charge in [-0.15, -0.1) is 0 Å². The fourth-order valence-corrected chi connectivity index (χ4v) is 6.15. The van der Waals surface area contributed by atoms with Crippen molar-refractivity contribution in [2.75, 3.05) is 7.11 Å². The van der Waals surface area contributed by atoms with E-state index in [1.54, 1.807) is 0 Å². The van der Waals surface area contributed by atoms with Crippen molar-refractivity contribution in [1.29, 1.82) is 0 Å². The van der Waals surface area contributed by atoms with E-state index in [0.29, 0.717) is 30.6 Å². The van der Waals surface area contributed by atoms with Gasteiger partial charge in [0, 0.05) is 12.8 Å². The molecule has 2 aliphatic heterocycles. The lowest BCUT2D eigenvalue weighted by Crippen LogP contribution is -2.29. The molecule has 6 nitrogen and oxygen atoms in total. The van der Waals surface area contributed by atoms with Crippen LogP contribution in [0.3, 0.4) is 0 Å². The second kappa shape index (κ2) is 11.1. The first-order chi connectivity index (χ1) is 16.9. The van der Waals surface area contributed by atoms with E-state index >= 15 is 0 Å². The highest BCUT2D eigenvalue weighted by Crippen LogP contribution is 2.55. The molecule has 2 bridgehead atoms. The van der Waals surface area contributed by atoms with Crippen LogP contribution in [-0.2, 0) is 41.4 Å². The molecule has 2 fully saturated rings. The number of carbonyl (C=O) groups excluding carboxylic acids is 3. The van der Waals surface area contributed by atoms with E-state index in [0.717, 1.165) is 61.6 Å². The lowest BCUT2D eigenvalue weighted by atomic mass is 9.80. The van der Waals surface area contributed by atoms with Gasteiger partial charge in [0.1, 0.15) is 5.76 Å². The number of carbonyl (C=O) groups is 3. The Morgan fingerprint density at radius 1 is 0.914 bits per heavy atom. The summed E-state index contributed by atoms with van der Waals surface area (Å²) in [6.07, 6.45) is 7.16. The average Bonchev–Trinajstić information content (AvgIpc) is 3.54. The van der Waals surface area contributed by atoms with Crippen LogP contribution in [0, 0.1) is 18.8 Å². The van der Waals surface area contributed by atoms with Crippen molar-refractivity contribution in [3.8, 4) is 0 Å². The number of hydrogen-bond acceptors (Lipinski definition) is 6. The van der Waals surface area contributed by atoms with E-state index in [1.807, 2.05) is 0 Å². The van der Waals surface area contributed by atoms with Crippen LogP contribution in [0.4, 0.5) is 0 Å². The number of rotatable bonds is 11. The van der Waals surface area contributed by atoms with Crippen LogP contribution < -0.4 is 0 Å². The maximum atomic E-state index is 13.8. The van der Waals surface area contributed by atoms with Gasteiger partial charge in [-0.2, -0.15) is 0 Å². The Balaban J connectivity index is 1.56. The Morgan fingerprint density at radius 2 is 1.49 bits per heavy atom. The largest absolute Gasteiger partial charge is 0.469 e. The first kappa shape index (κ1) is 25.6. The number of methoxy groups -OCH3 is 1. The van der Waals surface area contributed by atoms with E-state index in [4.69, 9.17) is 9.47 Å². The maximum Gasteiger partial charge on any atom is 0.310 e. The molecule has 0 N–H and O–H groups in total. The highest BCUT2D eigenvalue weighted by molar-refractivity contribution is 6.26. The zero-order valence-electron chi connectivity index (χ0n) is 21.5. The Bertz CT molecular complexity index is 997. The van der Waals surface area contributed by atoms with Gasteiger partial charge < -0.3 is 14.2 Å². The van der Waals surface area contributed by atoms with E-state index < -0.39 is 0 Å². The topological polar surface area (TPSA) is 78.9 Å². The molecule has 1 aliphatic carbocycles. The monoisotopic (exact) mass is 482 g/mol. The fraction of sp³-hybridized carbons (Fsp3) is 0.621. The highest BCUT2D eigenvalue weighted by Gasteiger charge is 2.60. The zero-order chi connectivity index (χ0) is 25.1. The number of ether oxygens (including phenoxy) is 3. The molecule has 3 aliphatic rings. The summed E-state index contributed by atoms with van der Waals surface area (Å²) in [5.41, 5.74) is 5.06. The quantitative estimate of drug-likeness (QED) is 0.316. The van der Waals surface area contributed by atoms with Crippen molar-refractivity contribution in [3.63, 3.8) is 0 Å². The summed E-state index contributed by atoms with van der Waals surface area (Å²) in [6.45, 7) is 6.30. The molecular weight excluding hydrogens is 444 g/mol. The molecule has 0 amide bonds. The Hall–Kier alpha value is -2.47. The van der Waals surface area contributed by atoms with Crippen LogP contribution in [0.1, 0.15) is 87.5 Å². The number of aryl methyl sites for hydroxylation is 3. The molecular formula is C29H38O6. The Labute approximate surface area is 208 Å². The molecule has 4 atom stereocenters. The van der Waals surface area contributed by atoms with Crippen LogP contribution in [0.2, 0.25) is 0 Å². The summed E-state index contributed by atoms with van der Waals surface area (Å²) in [6, 6.07) is 4.31. The summed E-state index contributed by atoms with van der Waals surface area (Å²) >= 11 is 0. The van der Waals surface area contributed by atoms with Gasteiger partial charge in [0.15, 0.2) is 5.78 Å². The summed E-state index contributed by atoms with van der Waals surface area (Å²) in [5.74, 6) is -0.245. The molecule has 0 spiro atoms. The maximum absolute atomic E-state index is 13.8. The lowest BCUT2D eigenvalue weighted by Gasteiger charge is -2.22. The van der Waals surface area contributed by atoms with Gasteiger partial charge in [-0.25, -0.2) is 0 Å². The zero-order valence-corrected chi connectivity index (χ0v) is 21.5. The molecule has 1 aromatic carbocycles. The van der Waals surface area contributed by atoms with Gasteiger partial charge in [-0.3, -0.25) is 14.4 Å². The van der Waals surface area contributed by atoms with Gasteiger partial charge in [0.05, 0.1) is 36.7 Å². The minimum Gasteiger partial charge on any atom is -0.469 e. The number of benzene rings is 1. The van der Waals surface area contributed by atoms with Crippen molar-refractivity contribution in [2.24, 2.45) is 11.8 Å². The number of unbranched alkanes of at least 4 members (excludes halogenated alkanes) is 3. The standard InChI is InChI=1S/C29H38O6/c1-5-18-15-17(3)16-19(6-2)24(18)27-28(32)25-20-13-14-21(34-20)26(25)29(27)35-23(31)12-10-8-7-9-11-22(30)33-4/h15-16,20-21,25-26H,5-14H2,1-4H3/t20?,21-,25+,26-/m1/s1. The fourth-order valence-electron chi connectivity index (χ4n) is 6.15. The smallest absolute Gasteiger partial charge is 0.310 e. The Morgan fingerprint density at radius 3 is 2.06 bits per heavy atom. The third kappa shape index (κ3) is 5.09. The van der Waals surface area contributed by atoms with Gasteiger partial charge >= 0.3 is 11.9 Å². The van der Waals surface area contributed by atoms with E-state index in [2.05, 4.69) is 37.6 Å². The Kier molecular flexibility index (Phi) is 8.10. The number of ketones is 1. The normalized spacial score (nSPS) is 24.7. The highest BCUT2D eigenvalue weighted by atomic mass is 16.5. The van der Waals surface area contributed by atoms with Gasteiger partial charge in [-0.05, 0) is 62.1 Å². The first-order valence-electron chi connectivity index (χ1n) is 13.2. The lowest BCUT2D eigenvalue weighted by molar-refractivity contribution is -0.141. The number of allylic oxidation sites excluding steroid dienone is 1. The van der Waals surface area contributed by atoms with Crippen LogP contribution in [0.15, 0.2) is 17.9 Å². The van der Waals surface area contributed by atoms with E-state index in [9.17, 15) is 14.4 Å². The molecule has 1 aromatic rings. The predicted molar refractivity (Wildman–Crippen MR) is 133 cm³/mol. The van der Waals surface area contributed by atoms with Crippen LogP contribution >= 0.6 is 0 Å². The molecule has 4 rings (SSSR count). The third-order valence-corrected chi connectivity index (χ3v) is 7.79. The van der Waals surface area contributed by atoms with Crippen molar-refractivity contribution in [3.05, 3.63) is 40.1 Å². The molecule has 0 radical (unpaired) electrons. The minimum absolute atomic E-state index is 0.0480. The first-order valence-corrected chi connectivity index (χ1v) is 13.2. The molecule has 0 saturated carbocycles. The van der Waals surface area contributed by atoms with E-state index in [1.165, 1.54) is 12.7 Å². The number of Topliss-reactive ketones (excluding diaryl/α,β-unsaturated/α-hetero) is 1. The van der Waals surface area contributed by atoms with Crippen molar-refractivity contribution < 1.29 is 28.6 Å². The summed E-state index contributed by atoms with van der Waals surface area (Å²) < 4.78 is 16.8. The summed E-state index contributed by atoms with van der Waals surface area (Å²) in [7, 11) is 1.39.